The number of aliphatic hydroxyl groups excluding tert-OH is 1. The van der Waals surface area contributed by atoms with E-state index in [9.17, 15) is 0 Å². The van der Waals surface area contributed by atoms with Gasteiger partial charge in [0.25, 0.3) is 0 Å². The van der Waals surface area contributed by atoms with Crippen molar-refractivity contribution in [2.45, 2.75) is 37.3 Å². The fourth-order valence-electron chi connectivity index (χ4n) is 1.16. The van der Waals surface area contributed by atoms with Crippen LogP contribution in [-0.2, 0) is 0 Å². The Hall–Kier alpha value is -0.350. The number of hydrogen-bond acceptors (Lipinski definition) is 2. The molecule has 4 heteroatoms. The molecule has 0 radical (unpaired) electrons. The average Bonchev–Trinajstić information content (AvgIpc) is 2.86. The van der Waals surface area contributed by atoms with Crippen LogP contribution in [0.4, 0.5) is 0 Å². The second kappa shape index (κ2) is 2.85. The van der Waals surface area contributed by atoms with E-state index in [0.717, 1.165) is 12.8 Å². The van der Waals surface area contributed by atoms with Crippen molar-refractivity contribution in [3.8, 4) is 0 Å². The topological polar surface area (TPSA) is 44.3 Å². The van der Waals surface area contributed by atoms with Crippen molar-refractivity contribution in [1.29, 1.82) is 0 Å². The fraction of sp³-hybridized carbons (Fsp3) is 0.875. The van der Waals surface area contributed by atoms with Crippen LogP contribution >= 0.6 is 12.2 Å². The lowest BCUT2D eigenvalue weighted by Gasteiger charge is -2.17. The summed E-state index contributed by atoms with van der Waals surface area (Å²) in [5.41, 5.74) is -0.0705. The summed E-state index contributed by atoms with van der Waals surface area (Å²) in [6, 6.07) is 0.597. The minimum absolute atomic E-state index is 0.0705. The van der Waals surface area contributed by atoms with E-state index in [1.807, 2.05) is 0 Å². The number of aliphatic hydroxyl groups is 1. The summed E-state index contributed by atoms with van der Waals surface area (Å²) in [6.07, 6.45) is 4.54. The van der Waals surface area contributed by atoms with Gasteiger partial charge in [-0.25, -0.2) is 0 Å². The van der Waals surface area contributed by atoms with Crippen molar-refractivity contribution >= 4 is 17.3 Å². The monoisotopic (exact) mass is 186 g/mol. The average molecular weight is 186 g/mol. The zero-order valence-electron chi connectivity index (χ0n) is 6.97. The lowest BCUT2D eigenvalue weighted by atomic mass is 10.3. The van der Waals surface area contributed by atoms with Crippen molar-refractivity contribution in [3.63, 3.8) is 0 Å². The van der Waals surface area contributed by atoms with E-state index in [-0.39, 0.29) is 12.1 Å². The Kier molecular flexibility index (Phi) is 1.96. The van der Waals surface area contributed by atoms with Crippen LogP contribution in [0.1, 0.15) is 25.7 Å². The highest BCUT2D eigenvalue weighted by molar-refractivity contribution is 7.80. The third-order valence-corrected chi connectivity index (χ3v) is 2.67. The van der Waals surface area contributed by atoms with Gasteiger partial charge in [-0.15, -0.1) is 0 Å². The van der Waals surface area contributed by atoms with Gasteiger partial charge in [-0.1, -0.05) is 0 Å². The Morgan fingerprint density at radius 2 is 2.17 bits per heavy atom. The van der Waals surface area contributed by atoms with Gasteiger partial charge >= 0.3 is 0 Å². The molecule has 0 aromatic carbocycles. The van der Waals surface area contributed by atoms with Crippen molar-refractivity contribution in [2.75, 3.05) is 6.61 Å². The van der Waals surface area contributed by atoms with Gasteiger partial charge < -0.3 is 15.7 Å². The number of rotatable bonds is 3. The van der Waals surface area contributed by atoms with Crippen molar-refractivity contribution in [1.82, 2.24) is 10.6 Å². The normalized spacial score (nSPS) is 24.8. The molecule has 3 N–H and O–H groups in total. The lowest BCUT2D eigenvalue weighted by molar-refractivity contribution is 0.245. The van der Waals surface area contributed by atoms with Gasteiger partial charge in [0.1, 0.15) is 0 Å². The van der Waals surface area contributed by atoms with E-state index < -0.39 is 0 Å². The van der Waals surface area contributed by atoms with Crippen LogP contribution in [0.25, 0.3) is 0 Å². The van der Waals surface area contributed by atoms with Crippen LogP contribution in [0, 0.1) is 0 Å². The molecule has 68 valence electrons. The first-order chi connectivity index (χ1) is 5.74. The van der Waals surface area contributed by atoms with Gasteiger partial charge in [-0.3, -0.25) is 0 Å². The van der Waals surface area contributed by atoms with Gasteiger partial charge in [0.05, 0.1) is 12.1 Å². The van der Waals surface area contributed by atoms with E-state index in [1.54, 1.807) is 0 Å². The number of hydrogen-bond donors (Lipinski definition) is 3. The van der Waals surface area contributed by atoms with Crippen LogP contribution in [0.2, 0.25) is 0 Å². The van der Waals surface area contributed by atoms with Gasteiger partial charge in [0.2, 0.25) is 0 Å². The quantitative estimate of drug-likeness (QED) is 0.549. The minimum Gasteiger partial charge on any atom is -0.394 e. The summed E-state index contributed by atoms with van der Waals surface area (Å²) in [5.74, 6) is 0. The Morgan fingerprint density at radius 1 is 1.50 bits per heavy atom. The first-order valence-corrected chi connectivity index (χ1v) is 4.84. The van der Waals surface area contributed by atoms with E-state index in [2.05, 4.69) is 10.6 Å². The molecule has 0 aromatic rings. The van der Waals surface area contributed by atoms with Gasteiger partial charge in [0.15, 0.2) is 5.11 Å². The molecular formula is C8H14N2OS. The summed E-state index contributed by atoms with van der Waals surface area (Å²) in [5, 5.41) is 16.1. The molecule has 2 fully saturated rings. The van der Waals surface area contributed by atoms with Crippen LogP contribution in [-0.4, -0.2) is 28.4 Å². The lowest BCUT2D eigenvalue weighted by Crippen LogP contribution is -2.46. The molecule has 0 aliphatic heterocycles. The summed E-state index contributed by atoms with van der Waals surface area (Å²) in [6.45, 7) is 0.194. The maximum absolute atomic E-state index is 9.01. The molecule has 0 heterocycles. The molecule has 12 heavy (non-hydrogen) atoms. The second-order valence-electron chi connectivity index (χ2n) is 3.81. The van der Waals surface area contributed by atoms with Crippen LogP contribution in [0.5, 0.6) is 0 Å². The maximum atomic E-state index is 9.01. The van der Waals surface area contributed by atoms with E-state index in [0.29, 0.717) is 11.2 Å². The largest absolute Gasteiger partial charge is 0.394 e. The third kappa shape index (κ3) is 1.87. The fourth-order valence-corrected chi connectivity index (χ4v) is 1.55. The first kappa shape index (κ1) is 8.26. The van der Waals surface area contributed by atoms with Crippen LogP contribution in [0.3, 0.4) is 0 Å². The molecule has 2 saturated carbocycles. The highest BCUT2D eigenvalue weighted by Crippen LogP contribution is 2.34. The zero-order valence-corrected chi connectivity index (χ0v) is 7.78. The van der Waals surface area contributed by atoms with E-state index in [1.165, 1.54) is 12.8 Å². The SMILES string of the molecule is OCC1(NC(=S)NC2CC2)CC1. The Bertz CT molecular complexity index is 199. The molecule has 0 amide bonds. The summed E-state index contributed by atoms with van der Waals surface area (Å²) < 4.78 is 0. The molecule has 0 bridgehead atoms. The number of thiocarbonyl (C=S) groups is 1. The summed E-state index contributed by atoms with van der Waals surface area (Å²) in [7, 11) is 0. The Balaban J connectivity index is 1.74. The van der Waals surface area contributed by atoms with E-state index in [4.69, 9.17) is 17.3 Å². The zero-order chi connectivity index (χ0) is 8.60. The standard InChI is InChI=1S/C8H14N2OS/c11-5-8(3-4-8)10-7(12)9-6-1-2-6/h6,11H,1-5H2,(H2,9,10,12). The minimum atomic E-state index is -0.0705. The summed E-state index contributed by atoms with van der Waals surface area (Å²) in [4.78, 5) is 0. The second-order valence-corrected chi connectivity index (χ2v) is 4.22. The molecule has 0 atom stereocenters. The van der Waals surface area contributed by atoms with E-state index >= 15 is 0 Å². The van der Waals surface area contributed by atoms with Crippen molar-refractivity contribution in [2.24, 2.45) is 0 Å². The molecule has 2 aliphatic rings. The first-order valence-electron chi connectivity index (χ1n) is 4.44. The molecular weight excluding hydrogens is 172 g/mol. The predicted molar refractivity (Wildman–Crippen MR) is 50.9 cm³/mol. The molecule has 0 spiro atoms. The Morgan fingerprint density at radius 3 is 2.58 bits per heavy atom. The van der Waals surface area contributed by atoms with Gasteiger partial charge in [-0.05, 0) is 37.9 Å². The molecule has 0 unspecified atom stereocenters. The highest BCUT2D eigenvalue weighted by atomic mass is 32.1. The third-order valence-electron chi connectivity index (χ3n) is 2.45. The van der Waals surface area contributed by atoms with Crippen LogP contribution in [0.15, 0.2) is 0 Å². The van der Waals surface area contributed by atoms with Gasteiger partial charge in [-0.2, -0.15) is 0 Å². The van der Waals surface area contributed by atoms with Crippen molar-refractivity contribution < 1.29 is 5.11 Å². The molecule has 3 nitrogen and oxygen atoms in total. The molecule has 0 saturated heterocycles. The van der Waals surface area contributed by atoms with Gasteiger partial charge in [0, 0.05) is 6.04 Å². The van der Waals surface area contributed by atoms with Crippen LogP contribution < -0.4 is 10.6 Å². The molecule has 0 aromatic heterocycles. The number of nitrogens with one attached hydrogen (secondary N) is 2. The maximum Gasteiger partial charge on any atom is 0.167 e. The summed E-state index contributed by atoms with van der Waals surface area (Å²) >= 11 is 5.09. The predicted octanol–water partition coefficient (Wildman–Crippen LogP) is 0.138. The highest BCUT2D eigenvalue weighted by Gasteiger charge is 2.43. The molecule has 2 aliphatic carbocycles. The van der Waals surface area contributed by atoms with Crippen molar-refractivity contribution in [3.05, 3.63) is 0 Å². The Labute approximate surface area is 77.5 Å². The molecule has 2 rings (SSSR count). The smallest absolute Gasteiger partial charge is 0.167 e.